The van der Waals surface area contributed by atoms with E-state index in [-0.39, 0.29) is 11.7 Å². The van der Waals surface area contributed by atoms with Crippen molar-refractivity contribution in [3.05, 3.63) is 34.9 Å². The smallest absolute Gasteiger partial charge is 0.206 e. The summed E-state index contributed by atoms with van der Waals surface area (Å²) < 4.78 is 15.5. The Bertz CT molecular complexity index is 729. The van der Waals surface area contributed by atoms with Crippen molar-refractivity contribution in [3.8, 4) is 10.6 Å². The molecule has 0 aliphatic heterocycles. The standard InChI is InChI=1S/C12H10ClFN4S/c1-6(2)10-15-16-12-18(10)17-11(19-12)9-7(13)4-3-5-8(9)14/h3-6H,1-2H3. The van der Waals surface area contributed by atoms with Gasteiger partial charge in [0.1, 0.15) is 5.82 Å². The van der Waals surface area contributed by atoms with E-state index in [1.807, 2.05) is 13.8 Å². The van der Waals surface area contributed by atoms with Crippen molar-refractivity contribution in [2.45, 2.75) is 19.8 Å². The Morgan fingerprint density at radius 1 is 1.32 bits per heavy atom. The van der Waals surface area contributed by atoms with Crippen molar-refractivity contribution in [2.75, 3.05) is 0 Å². The van der Waals surface area contributed by atoms with Crippen LogP contribution in [-0.2, 0) is 0 Å². The van der Waals surface area contributed by atoms with Gasteiger partial charge in [0.25, 0.3) is 0 Å². The van der Waals surface area contributed by atoms with E-state index in [9.17, 15) is 4.39 Å². The number of benzene rings is 1. The first kappa shape index (κ1) is 12.5. The summed E-state index contributed by atoms with van der Waals surface area (Å²) in [6.07, 6.45) is 0. The van der Waals surface area contributed by atoms with Crippen LogP contribution in [0.4, 0.5) is 4.39 Å². The van der Waals surface area contributed by atoms with Crippen LogP contribution in [0.1, 0.15) is 25.6 Å². The molecule has 0 unspecified atom stereocenters. The third kappa shape index (κ3) is 2.01. The molecule has 2 aromatic heterocycles. The Balaban J connectivity index is 2.21. The van der Waals surface area contributed by atoms with Crippen LogP contribution in [0.3, 0.4) is 0 Å². The molecule has 1 aromatic carbocycles. The highest BCUT2D eigenvalue weighted by Gasteiger charge is 2.18. The van der Waals surface area contributed by atoms with Crippen LogP contribution < -0.4 is 0 Å². The van der Waals surface area contributed by atoms with Crippen LogP contribution in [0.25, 0.3) is 15.5 Å². The van der Waals surface area contributed by atoms with Gasteiger partial charge >= 0.3 is 0 Å². The molecule has 0 spiro atoms. The molecule has 0 bridgehead atoms. The van der Waals surface area contributed by atoms with Crippen LogP contribution in [-0.4, -0.2) is 19.8 Å². The van der Waals surface area contributed by atoms with E-state index < -0.39 is 0 Å². The molecule has 0 saturated carbocycles. The predicted octanol–water partition coefficient (Wildman–Crippen LogP) is 3.77. The molecule has 2 heterocycles. The van der Waals surface area contributed by atoms with Crippen molar-refractivity contribution < 1.29 is 4.39 Å². The van der Waals surface area contributed by atoms with Gasteiger partial charge in [-0.1, -0.05) is 42.9 Å². The van der Waals surface area contributed by atoms with Gasteiger partial charge in [-0.2, -0.15) is 9.61 Å². The Hall–Kier alpha value is -1.53. The third-order valence-corrected chi connectivity index (χ3v) is 3.94. The van der Waals surface area contributed by atoms with Gasteiger partial charge < -0.3 is 0 Å². The molecule has 0 aliphatic carbocycles. The summed E-state index contributed by atoms with van der Waals surface area (Å²) in [5, 5.41) is 13.3. The SMILES string of the molecule is CC(C)c1nnc2sc(-c3c(F)cccc3Cl)nn12. The Labute approximate surface area is 117 Å². The molecule has 0 saturated heterocycles. The highest BCUT2D eigenvalue weighted by molar-refractivity contribution is 7.19. The van der Waals surface area contributed by atoms with Gasteiger partial charge in [-0.3, -0.25) is 0 Å². The molecule has 0 fully saturated rings. The molecule has 0 atom stereocenters. The minimum Gasteiger partial charge on any atom is -0.206 e. The summed E-state index contributed by atoms with van der Waals surface area (Å²) in [7, 11) is 0. The molecule has 4 nitrogen and oxygen atoms in total. The average molecular weight is 297 g/mol. The van der Waals surface area contributed by atoms with Crippen molar-refractivity contribution >= 4 is 27.9 Å². The van der Waals surface area contributed by atoms with Crippen molar-refractivity contribution in [1.82, 2.24) is 19.8 Å². The van der Waals surface area contributed by atoms with Gasteiger partial charge in [0.15, 0.2) is 10.8 Å². The Morgan fingerprint density at radius 3 is 2.79 bits per heavy atom. The van der Waals surface area contributed by atoms with Crippen LogP contribution in [0.2, 0.25) is 5.02 Å². The average Bonchev–Trinajstić information content (AvgIpc) is 2.87. The molecule has 7 heteroatoms. The van der Waals surface area contributed by atoms with E-state index in [0.29, 0.717) is 20.6 Å². The summed E-state index contributed by atoms with van der Waals surface area (Å²) in [6, 6.07) is 4.58. The summed E-state index contributed by atoms with van der Waals surface area (Å²) in [5.41, 5.74) is 0.314. The molecule has 0 N–H and O–H groups in total. The second kappa shape index (κ2) is 4.54. The van der Waals surface area contributed by atoms with E-state index in [1.165, 1.54) is 17.4 Å². The number of aromatic nitrogens is 4. The van der Waals surface area contributed by atoms with Gasteiger partial charge in [-0.05, 0) is 12.1 Å². The fourth-order valence-corrected chi connectivity index (χ4v) is 3.01. The lowest BCUT2D eigenvalue weighted by Crippen LogP contribution is -1.98. The van der Waals surface area contributed by atoms with Crippen LogP contribution in [0, 0.1) is 5.82 Å². The summed E-state index contributed by atoms with van der Waals surface area (Å²) in [4.78, 5) is 0.637. The fourth-order valence-electron chi connectivity index (χ4n) is 1.80. The molecule has 0 aliphatic rings. The van der Waals surface area contributed by atoms with E-state index in [1.54, 1.807) is 16.6 Å². The maximum absolute atomic E-state index is 13.9. The second-order valence-electron chi connectivity index (χ2n) is 4.41. The van der Waals surface area contributed by atoms with E-state index in [2.05, 4.69) is 15.3 Å². The quantitative estimate of drug-likeness (QED) is 0.723. The molecule has 0 radical (unpaired) electrons. The lowest BCUT2D eigenvalue weighted by atomic mass is 10.2. The topological polar surface area (TPSA) is 43.1 Å². The lowest BCUT2D eigenvalue weighted by molar-refractivity contribution is 0.630. The summed E-state index contributed by atoms with van der Waals surface area (Å²) in [5.74, 6) is 0.564. The van der Waals surface area contributed by atoms with Gasteiger partial charge in [0, 0.05) is 5.92 Å². The molecule has 3 rings (SSSR count). The number of halogens is 2. The number of rotatable bonds is 2. The van der Waals surface area contributed by atoms with Crippen LogP contribution in [0.5, 0.6) is 0 Å². The Morgan fingerprint density at radius 2 is 2.11 bits per heavy atom. The maximum atomic E-state index is 13.9. The first-order valence-electron chi connectivity index (χ1n) is 5.74. The third-order valence-electron chi connectivity index (χ3n) is 2.71. The highest BCUT2D eigenvalue weighted by Crippen LogP contribution is 2.33. The summed E-state index contributed by atoms with van der Waals surface area (Å²) in [6.45, 7) is 4.01. The zero-order valence-corrected chi connectivity index (χ0v) is 11.8. The first-order valence-corrected chi connectivity index (χ1v) is 6.94. The first-order chi connectivity index (χ1) is 9.08. The number of nitrogens with zero attached hydrogens (tertiary/aromatic N) is 4. The maximum Gasteiger partial charge on any atom is 0.234 e. The molecule has 0 amide bonds. The number of fused-ring (bicyclic) bond motifs is 1. The lowest BCUT2D eigenvalue weighted by Gasteiger charge is -2.01. The van der Waals surface area contributed by atoms with E-state index >= 15 is 0 Å². The number of hydrogen-bond donors (Lipinski definition) is 0. The van der Waals surface area contributed by atoms with Crippen molar-refractivity contribution in [3.63, 3.8) is 0 Å². The molecule has 19 heavy (non-hydrogen) atoms. The van der Waals surface area contributed by atoms with Gasteiger partial charge in [-0.25, -0.2) is 4.39 Å². The molecule has 3 aromatic rings. The van der Waals surface area contributed by atoms with Gasteiger partial charge in [-0.15, -0.1) is 10.2 Å². The molecule has 98 valence electrons. The van der Waals surface area contributed by atoms with Crippen LogP contribution in [0.15, 0.2) is 18.2 Å². The zero-order chi connectivity index (χ0) is 13.6. The van der Waals surface area contributed by atoms with Crippen LogP contribution >= 0.6 is 22.9 Å². The monoisotopic (exact) mass is 296 g/mol. The molecular formula is C12H10ClFN4S. The number of hydrogen-bond acceptors (Lipinski definition) is 4. The molecular weight excluding hydrogens is 287 g/mol. The second-order valence-corrected chi connectivity index (χ2v) is 5.77. The summed E-state index contributed by atoms with van der Waals surface area (Å²) >= 11 is 7.31. The normalized spacial score (nSPS) is 11.6. The highest BCUT2D eigenvalue weighted by atomic mass is 35.5. The predicted molar refractivity (Wildman–Crippen MR) is 73.2 cm³/mol. The van der Waals surface area contributed by atoms with Gasteiger partial charge in [0.05, 0.1) is 10.6 Å². The van der Waals surface area contributed by atoms with Crippen molar-refractivity contribution in [1.29, 1.82) is 0 Å². The zero-order valence-electron chi connectivity index (χ0n) is 10.3. The van der Waals surface area contributed by atoms with Gasteiger partial charge in [0.2, 0.25) is 4.96 Å². The van der Waals surface area contributed by atoms with Crippen molar-refractivity contribution in [2.24, 2.45) is 0 Å². The Kier molecular flexibility index (Phi) is 2.99. The van der Waals surface area contributed by atoms with E-state index in [4.69, 9.17) is 11.6 Å². The minimum absolute atomic E-state index is 0.195. The van der Waals surface area contributed by atoms with E-state index in [0.717, 1.165) is 5.82 Å². The largest absolute Gasteiger partial charge is 0.234 e. The minimum atomic E-state index is -0.386. The fraction of sp³-hybridized carbons (Fsp3) is 0.250.